The highest BCUT2D eigenvalue weighted by Gasteiger charge is 2.20. The zero-order valence-corrected chi connectivity index (χ0v) is 14.1. The van der Waals surface area contributed by atoms with Gasteiger partial charge in [0.25, 0.3) is 0 Å². The zero-order valence-electron chi connectivity index (χ0n) is 14.1. The fraction of sp³-hybridized carbons (Fsp3) is 0.632. The van der Waals surface area contributed by atoms with Crippen molar-refractivity contribution in [1.82, 2.24) is 5.32 Å². The van der Waals surface area contributed by atoms with E-state index >= 15 is 0 Å². The summed E-state index contributed by atoms with van der Waals surface area (Å²) >= 11 is 0. The lowest BCUT2D eigenvalue weighted by Crippen LogP contribution is -2.33. The van der Waals surface area contributed by atoms with E-state index < -0.39 is 0 Å². The maximum atomic E-state index is 12.2. The summed E-state index contributed by atoms with van der Waals surface area (Å²) in [6, 6.07) is 8.38. The first-order valence-corrected chi connectivity index (χ1v) is 8.52. The third kappa shape index (κ3) is 5.13. The molecule has 3 nitrogen and oxygen atoms in total. The normalized spacial score (nSPS) is 19.9. The van der Waals surface area contributed by atoms with Crippen molar-refractivity contribution < 1.29 is 9.53 Å². The van der Waals surface area contributed by atoms with E-state index in [0.717, 1.165) is 31.5 Å². The molecule has 3 heteroatoms. The molecule has 0 bridgehead atoms. The van der Waals surface area contributed by atoms with E-state index in [4.69, 9.17) is 4.74 Å². The highest BCUT2D eigenvalue weighted by molar-refractivity contribution is 5.77. The van der Waals surface area contributed by atoms with Crippen LogP contribution in [0, 0.1) is 11.8 Å². The molecular weight excluding hydrogens is 274 g/mol. The topological polar surface area (TPSA) is 38.3 Å². The van der Waals surface area contributed by atoms with Crippen molar-refractivity contribution >= 4 is 5.97 Å². The Kier molecular flexibility index (Phi) is 6.44. The lowest BCUT2D eigenvalue weighted by Gasteiger charge is -2.23. The van der Waals surface area contributed by atoms with E-state index in [0.29, 0.717) is 18.4 Å². The van der Waals surface area contributed by atoms with Gasteiger partial charge in [0.05, 0.1) is 12.5 Å². The summed E-state index contributed by atoms with van der Waals surface area (Å²) in [6.45, 7) is 8.96. The van der Waals surface area contributed by atoms with Crippen molar-refractivity contribution in [2.75, 3.05) is 19.7 Å². The molecule has 1 aliphatic rings. The Balaban J connectivity index is 1.84. The highest BCUT2D eigenvalue weighted by Crippen LogP contribution is 2.20. The number of piperidine rings is 1. The van der Waals surface area contributed by atoms with Gasteiger partial charge in [0.1, 0.15) is 0 Å². The van der Waals surface area contributed by atoms with Gasteiger partial charge < -0.3 is 10.1 Å². The van der Waals surface area contributed by atoms with Crippen LogP contribution in [0.5, 0.6) is 0 Å². The standard InChI is InChI=1S/C19H29NO2/c1-14(2)11-16-6-8-18(9-7-16)15(3)19(21)22-13-17-5-4-10-20-12-17/h6-9,14-15,17,20H,4-5,10-13H2,1-3H3. The second kappa shape index (κ2) is 8.33. The van der Waals surface area contributed by atoms with Gasteiger partial charge in [-0.05, 0) is 49.8 Å². The van der Waals surface area contributed by atoms with Gasteiger partial charge in [-0.25, -0.2) is 0 Å². The molecule has 1 saturated heterocycles. The van der Waals surface area contributed by atoms with Crippen molar-refractivity contribution in [3.8, 4) is 0 Å². The van der Waals surface area contributed by atoms with E-state index in [2.05, 4.69) is 43.4 Å². The quantitative estimate of drug-likeness (QED) is 0.817. The fourth-order valence-electron chi connectivity index (χ4n) is 2.94. The molecule has 2 atom stereocenters. The van der Waals surface area contributed by atoms with Gasteiger partial charge in [-0.15, -0.1) is 0 Å². The Hall–Kier alpha value is -1.35. The minimum Gasteiger partial charge on any atom is -0.465 e. The first-order valence-electron chi connectivity index (χ1n) is 8.52. The number of hydrogen-bond donors (Lipinski definition) is 1. The Morgan fingerprint density at radius 3 is 2.59 bits per heavy atom. The third-order valence-corrected chi connectivity index (χ3v) is 4.34. The van der Waals surface area contributed by atoms with Gasteiger partial charge in [-0.2, -0.15) is 0 Å². The Labute approximate surface area is 134 Å². The van der Waals surface area contributed by atoms with Crippen LogP contribution >= 0.6 is 0 Å². The van der Waals surface area contributed by atoms with Crippen molar-refractivity contribution in [3.05, 3.63) is 35.4 Å². The fourth-order valence-corrected chi connectivity index (χ4v) is 2.94. The zero-order chi connectivity index (χ0) is 15.9. The Bertz CT molecular complexity index is 461. The summed E-state index contributed by atoms with van der Waals surface area (Å²) in [5.74, 6) is 0.822. The van der Waals surface area contributed by atoms with Crippen molar-refractivity contribution in [3.63, 3.8) is 0 Å². The van der Waals surface area contributed by atoms with Crippen LogP contribution in [0.3, 0.4) is 0 Å². The molecule has 1 aromatic rings. The molecule has 0 aromatic heterocycles. The van der Waals surface area contributed by atoms with Crippen LogP contribution in [0.1, 0.15) is 50.7 Å². The van der Waals surface area contributed by atoms with E-state index in [1.54, 1.807) is 0 Å². The number of nitrogens with one attached hydrogen (secondary N) is 1. The summed E-state index contributed by atoms with van der Waals surface area (Å²) in [6.07, 6.45) is 3.40. The van der Waals surface area contributed by atoms with E-state index in [1.165, 1.54) is 12.0 Å². The number of ether oxygens (including phenoxy) is 1. The number of benzene rings is 1. The Morgan fingerprint density at radius 1 is 1.27 bits per heavy atom. The summed E-state index contributed by atoms with van der Waals surface area (Å²) in [4.78, 5) is 12.2. The van der Waals surface area contributed by atoms with Gasteiger partial charge in [-0.3, -0.25) is 4.79 Å². The van der Waals surface area contributed by atoms with E-state index in [9.17, 15) is 4.79 Å². The molecule has 22 heavy (non-hydrogen) atoms. The molecule has 1 aromatic carbocycles. The number of carbonyl (C=O) groups is 1. The van der Waals surface area contributed by atoms with Gasteiger partial charge in [0, 0.05) is 12.5 Å². The first-order chi connectivity index (χ1) is 10.6. The SMILES string of the molecule is CC(C)Cc1ccc(C(C)C(=O)OCC2CCCNC2)cc1. The molecular formula is C19H29NO2. The van der Waals surface area contributed by atoms with Gasteiger partial charge in [0.2, 0.25) is 0 Å². The second-order valence-electron chi connectivity index (χ2n) is 6.90. The predicted molar refractivity (Wildman–Crippen MR) is 90.0 cm³/mol. The molecule has 0 aliphatic carbocycles. The van der Waals surface area contributed by atoms with Crippen molar-refractivity contribution in [2.45, 2.75) is 46.0 Å². The second-order valence-corrected chi connectivity index (χ2v) is 6.90. The minimum atomic E-state index is -0.190. The summed E-state index contributed by atoms with van der Waals surface area (Å²) in [7, 11) is 0. The molecule has 1 heterocycles. The van der Waals surface area contributed by atoms with Crippen LogP contribution in [0.2, 0.25) is 0 Å². The van der Waals surface area contributed by atoms with Crippen LogP contribution in [0.15, 0.2) is 24.3 Å². The van der Waals surface area contributed by atoms with Gasteiger partial charge in [-0.1, -0.05) is 38.1 Å². The number of rotatable bonds is 6. The number of esters is 1. The smallest absolute Gasteiger partial charge is 0.313 e. The monoisotopic (exact) mass is 303 g/mol. The maximum absolute atomic E-state index is 12.2. The summed E-state index contributed by atoms with van der Waals surface area (Å²) in [5.41, 5.74) is 2.37. The molecule has 2 rings (SSSR count). The van der Waals surface area contributed by atoms with Crippen LogP contribution in [0.4, 0.5) is 0 Å². The molecule has 1 aliphatic heterocycles. The molecule has 2 unspecified atom stereocenters. The van der Waals surface area contributed by atoms with Crippen LogP contribution < -0.4 is 5.32 Å². The number of hydrogen-bond acceptors (Lipinski definition) is 3. The molecule has 0 radical (unpaired) electrons. The third-order valence-electron chi connectivity index (χ3n) is 4.34. The van der Waals surface area contributed by atoms with E-state index in [-0.39, 0.29) is 11.9 Å². The average Bonchev–Trinajstić information content (AvgIpc) is 2.53. The van der Waals surface area contributed by atoms with Gasteiger partial charge in [0.15, 0.2) is 0 Å². The minimum absolute atomic E-state index is 0.109. The van der Waals surface area contributed by atoms with Crippen LogP contribution in [-0.2, 0) is 16.0 Å². The largest absolute Gasteiger partial charge is 0.465 e. The maximum Gasteiger partial charge on any atom is 0.313 e. The molecule has 1 N–H and O–H groups in total. The molecule has 0 spiro atoms. The lowest BCUT2D eigenvalue weighted by molar-refractivity contribution is -0.146. The molecule has 0 saturated carbocycles. The van der Waals surface area contributed by atoms with Gasteiger partial charge >= 0.3 is 5.97 Å². The average molecular weight is 303 g/mol. The summed E-state index contributed by atoms with van der Waals surface area (Å²) < 4.78 is 5.51. The van der Waals surface area contributed by atoms with Crippen molar-refractivity contribution in [1.29, 1.82) is 0 Å². The lowest BCUT2D eigenvalue weighted by atomic mass is 9.96. The molecule has 1 fully saturated rings. The molecule has 122 valence electrons. The summed E-state index contributed by atoms with van der Waals surface area (Å²) in [5, 5.41) is 3.35. The number of carbonyl (C=O) groups excluding carboxylic acids is 1. The van der Waals surface area contributed by atoms with E-state index in [1.807, 2.05) is 6.92 Å². The van der Waals surface area contributed by atoms with Crippen LogP contribution in [0.25, 0.3) is 0 Å². The molecule has 0 amide bonds. The van der Waals surface area contributed by atoms with Crippen molar-refractivity contribution in [2.24, 2.45) is 11.8 Å². The Morgan fingerprint density at radius 2 is 2.00 bits per heavy atom. The highest BCUT2D eigenvalue weighted by atomic mass is 16.5. The first kappa shape index (κ1) is 17.0. The predicted octanol–water partition coefficient (Wildman–Crippen LogP) is 3.53. The van der Waals surface area contributed by atoms with Crippen LogP contribution in [-0.4, -0.2) is 25.7 Å².